The Kier molecular flexibility index (Phi) is 7.21. The van der Waals surface area contributed by atoms with Gasteiger partial charge in [-0.05, 0) is 0 Å². The zero-order chi connectivity index (χ0) is 10.0. The van der Waals surface area contributed by atoms with Crippen LogP contribution in [-0.4, -0.2) is 9.85 Å². The van der Waals surface area contributed by atoms with Crippen LogP contribution in [-0.2, 0) is 27.7 Å². The van der Waals surface area contributed by atoms with E-state index in [1.54, 1.807) is 0 Å². The van der Waals surface area contributed by atoms with Crippen LogP contribution >= 0.6 is 12.4 Å². The second-order valence-corrected chi connectivity index (χ2v) is 2.09. The normalized spacial score (nSPS) is 14.1. The van der Waals surface area contributed by atoms with Crippen molar-refractivity contribution in [3.8, 4) is 0 Å². The Morgan fingerprint density at radius 1 is 1.20 bits per heavy atom. The summed E-state index contributed by atoms with van der Waals surface area (Å²) in [7, 11) is 0. The topological polar surface area (TPSA) is 109 Å². The van der Waals surface area contributed by atoms with E-state index < -0.39 is 27.3 Å². The quantitative estimate of drug-likeness (QED) is 0.266. The first-order valence-electron chi connectivity index (χ1n) is 3.04. The molecule has 1 aliphatic carbocycles. The van der Waals surface area contributed by atoms with Gasteiger partial charge < -0.3 is 5.11 Å². The molecule has 0 fully saturated rings. The summed E-state index contributed by atoms with van der Waals surface area (Å²) in [4.78, 5) is 18.5. The first kappa shape index (κ1) is 16.5. The second-order valence-electron chi connectivity index (χ2n) is 2.09. The van der Waals surface area contributed by atoms with Gasteiger partial charge in [0.2, 0.25) is 0 Å². The average molecular weight is 419 g/mol. The molecule has 0 bridgehead atoms. The summed E-state index contributed by atoms with van der Waals surface area (Å²) in [6.45, 7) is 0. The van der Waals surface area contributed by atoms with Crippen LogP contribution in [0.2, 0.25) is 0 Å². The Bertz CT molecular complexity index is 374. The molecule has 76 valence electrons. The van der Waals surface area contributed by atoms with Gasteiger partial charge in [0.1, 0.15) is 0 Å². The molecule has 7 nitrogen and oxygen atoms in total. The Labute approximate surface area is 110 Å². The van der Waals surface area contributed by atoms with Gasteiger partial charge in [0.25, 0.3) is 5.70 Å². The minimum Gasteiger partial charge on any atom is -0.864 e. The molecule has 0 aromatic rings. The number of allylic oxidation sites excluding steroid dienone is 1. The van der Waals surface area contributed by atoms with Crippen molar-refractivity contribution in [2.45, 2.75) is 0 Å². The molecule has 0 aromatic heterocycles. The van der Waals surface area contributed by atoms with Crippen molar-refractivity contribution in [1.29, 1.82) is 0 Å². The summed E-state index contributed by atoms with van der Waals surface area (Å²) in [5.41, 5.74) is 1.37. The van der Waals surface area contributed by atoms with Crippen molar-refractivity contribution in [1.82, 2.24) is 0 Å². The second kappa shape index (κ2) is 6.55. The van der Waals surface area contributed by atoms with E-state index in [-0.39, 0.29) is 40.1 Å². The fourth-order valence-electron chi connectivity index (χ4n) is 0.702. The molecule has 1 aliphatic rings. The van der Waals surface area contributed by atoms with Gasteiger partial charge in [-0.1, -0.05) is 0 Å². The van der Waals surface area contributed by atoms with Crippen LogP contribution in [0.25, 0.3) is 0 Å². The molecule has 0 heterocycles. The van der Waals surface area contributed by atoms with Crippen molar-refractivity contribution in [2.24, 2.45) is 0 Å². The van der Waals surface area contributed by atoms with E-state index >= 15 is 0 Å². The standard InChI is InChI=1S/C6H3N2O5.ClH.Hg/c9-6-2-1-4(7(10)11)3-5(6)8(12)13;;/h1,3,9H;1H;/q;;+1/p-1. The third-order valence-electron chi connectivity index (χ3n) is 1.28. The molecule has 1 rings (SSSR count). The molecule has 0 saturated carbocycles. The van der Waals surface area contributed by atoms with Crippen LogP contribution in [0.3, 0.4) is 0 Å². The zero-order valence-electron chi connectivity index (χ0n) is 7.21. The molecule has 0 atom stereocenters. The molecule has 9 heteroatoms. The van der Waals surface area contributed by atoms with E-state index in [9.17, 15) is 25.3 Å². The molecule has 0 aromatic carbocycles. The van der Waals surface area contributed by atoms with Gasteiger partial charge in [-0.2, -0.15) is 0 Å². The molecule has 2 radical (unpaired) electrons. The molecule has 15 heavy (non-hydrogen) atoms. The number of hydrogen-bond donors (Lipinski definition) is 0. The monoisotopic (exact) mass is 420 g/mol. The maximum Gasteiger partial charge on any atom is 1.00 e. The predicted molar refractivity (Wildman–Crippen MR) is 44.2 cm³/mol. The summed E-state index contributed by atoms with van der Waals surface area (Å²) in [5, 5.41) is 31.0. The van der Waals surface area contributed by atoms with Gasteiger partial charge in [0.05, 0.1) is 17.1 Å². The molecule has 0 N–H and O–H groups in total. The Hall–Kier alpha value is -0.915. The van der Waals surface area contributed by atoms with Crippen molar-refractivity contribution < 1.29 is 42.6 Å². The number of halogens is 1. The van der Waals surface area contributed by atoms with Crippen LogP contribution in [0.5, 0.6) is 0 Å². The molecular formula is C6H3ClHgN2O5. The SMILES string of the molecule is Cl.O=[N+]([O-])[C]1C=C([N+](=O)[O-])C=C=C1[O-].[Hg+]. The predicted octanol–water partition coefficient (Wildman–Crippen LogP) is -0.212. The van der Waals surface area contributed by atoms with Gasteiger partial charge in [-0.25, -0.2) is 0 Å². The Morgan fingerprint density at radius 3 is 2.13 bits per heavy atom. The molecule has 0 amide bonds. The van der Waals surface area contributed by atoms with E-state index in [1.807, 2.05) is 5.73 Å². The van der Waals surface area contributed by atoms with Crippen molar-refractivity contribution in [2.75, 3.05) is 0 Å². The summed E-state index contributed by atoms with van der Waals surface area (Å²) in [6.07, 6.45) is 1.41. The summed E-state index contributed by atoms with van der Waals surface area (Å²) >= 11 is 0. The smallest absolute Gasteiger partial charge is 0.864 e. The molecule has 0 unspecified atom stereocenters. The fraction of sp³-hybridized carbons (Fsp3) is 0. The van der Waals surface area contributed by atoms with E-state index in [0.29, 0.717) is 6.08 Å². The van der Waals surface area contributed by atoms with Crippen LogP contribution in [0.4, 0.5) is 0 Å². The molecular weight excluding hydrogens is 416 g/mol. The minimum absolute atomic E-state index is 0. The van der Waals surface area contributed by atoms with Gasteiger partial charge >= 0.3 is 33.7 Å². The Morgan fingerprint density at radius 2 is 1.73 bits per heavy atom. The van der Waals surface area contributed by atoms with Crippen molar-refractivity contribution in [3.05, 3.63) is 55.6 Å². The molecule has 0 spiro atoms. The van der Waals surface area contributed by atoms with Crippen molar-refractivity contribution >= 4 is 12.4 Å². The minimum atomic E-state index is -0.980. The third kappa shape index (κ3) is 3.99. The average Bonchev–Trinajstić information content (AvgIpc) is 2.04. The maximum atomic E-state index is 10.7. The molecule has 0 saturated heterocycles. The number of rotatable bonds is 2. The van der Waals surface area contributed by atoms with E-state index in [2.05, 4.69) is 0 Å². The van der Waals surface area contributed by atoms with Crippen molar-refractivity contribution in [3.63, 3.8) is 0 Å². The van der Waals surface area contributed by atoms with E-state index in [1.165, 1.54) is 0 Å². The number of nitro groups is 2. The first-order chi connectivity index (χ1) is 6.02. The maximum absolute atomic E-state index is 10.7. The molecule has 0 aliphatic heterocycles. The fourth-order valence-corrected chi connectivity index (χ4v) is 0.702. The summed E-state index contributed by atoms with van der Waals surface area (Å²) in [5.74, 6) is -0.962. The van der Waals surface area contributed by atoms with Crippen LogP contribution in [0, 0.1) is 26.3 Å². The van der Waals surface area contributed by atoms with E-state index in [0.717, 1.165) is 6.08 Å². The van der Waals surface area contributed by atoms with E-state index in [4.69, 9.17) is 0 Å². The van der Waals surface area contributed by atoms with Gasteiger partial charge in [-0.3, -0.25) is 20.2 Å². The summed E-state index contributed by atoms with van der Waals surface area (Å²) < 4.78 is 0. The Balaban J connectivity index is 0. The van der Waals surface area contributed by atoms with Crippen LogP contribution in [0.15, 0.2) is 29.3 Å². The zero-order valence-corrected chi connectivity index (χ0v) is 13.5. The number of nitrogens with zero attached hydrogens (tertiary/aromatic N) is 2. The number of hydrogen-bond acceptors (Lipinski definition) is 5. The van der Waals surface area contributed by atoms with Crippen LogP contribution < -0.4 is 5.11 Å². The van der Waals surface area contributed by atoms with Gasteiger partial charge in [0, 0.05) is 10.7 Å². The van der Waals surface area contributed by atoms with Gasteiger partial charge in [-0.15, -0.1) is 18.1 Å². The van der Waals surface area contributed by atoms with Crippen LogP contribution in [0.1, 0.15) is 0 Å². The first-order valence-corrected chi connectivity index (χ1v) is 3.04. The van der Waals surface area contributed by atoms with Gasteiger partial charge in [0.15, 0.2) is 0 Å². The summed E-state index contributed by atoms with van der Waals surface area (Å²) in [6, 6.07) is -0.839. The largest absolute Gasteiger partial charge is 1.00 e. The third-order valence-corrected chi connectivity index (χ3v) is 1.28.